The number of nitrogens with one attached hydrogen (secondary N) is 1. The highest BCUT2D eigenvalue weighted by Crippen LogP contribution is 2.29. The molecule has 1 aromatic carbocycles. The smallest absolute Gasteiger partial charge is 0.339 e. The molecule has 4 rings (SSSR count). The number of rotatable bonds is 6. The van der Waals surface area contributed by atoms with Crippen LogP contribution in [0.5, 0.6) is 5.75 Å². The lowest BCUT2D eigenvalue weighted by molar-refractivity contribution is -0.142. The average molecular weight is 443 g/mol. The molecule has 1 aliphatic carbocycles. The highest BCUT2D eigenvalue weighted by molar-refractivity contribution is 5.84. The zero-order valence-corrected chi connectivity index (χ0v) is 18.6. The number of esters is 1. The molecule has 8 heteroatoms. The van der Waals surface area contributed by atoms with Gasteiger partial charge in [0.05, 0.1) is 13.7 Å². The molecule has 0 saturated carbocycles. The fourth-order valence-electron chi connectivity index (χ4n) is 4.56. The highest BCUT2D eigenvalue weighted by Gasteiger charge is 2.25. The predicted molar refractivity (Wildman–Crippen MR) is 119 cm³/mol. The minimum Gasteiger partial charge on any atom is -0.481 e. The van der Waals surface area contributed by atoms with Gasteiger partial charge in [-0.1, -0.05) is 0 Å². The maximum Gasteiger partial charge on any atom is 0.339 e. The molecule has 0 radical (unpaired) electrons. The van der Waals surface area contributed by atoms with Crippen molar-refractivity contribution >= 4 is 22.8 Å². The van der Waals surface area contributed by atoms with E-state index < -0.39 is 6.10 Å². The summed E-state index contributed by atoms with van der Waals surface area (Å²) in [5, 5.41) is 3.98. The molecular weight excluding hydrogens is 412 g/mol. The van der Waals surface area contributed by atoms with Gasteiger partial charge in [-0.3, -0.25) is 14.5 Å². The number of carbonyl (C=O) groups excluding carboxylic acids is 2. The summed E-state index contributed by atoms with van der Waals surface area (Å²) in [5.74, 6) is 0.0524. The van der Waals surface area contributed by atoms with Crippen LogP contribution >= 0.6 is 0 Å². The van der Waals surface area contributed by atoms with Crippen LogP contribution in [-0.4, -0.2) is 55.7 Å². The van der Waals surface area contributed by atoms with Gasteiger partial charge in [0.2, 0.25) is 0 Å². The predicted octanol–water partition coefficient (Wildman–Crippen LogP) is 2.19. The number of carbonyl (C=O) groups is 2. The average Bonchev–Trinajstić information content (AvgIpc) is 2.80. The first-order valence-electron chi connectivity index (χ1n) is 11.3. The van der Waals surface area contributed by atoms with E-state index in [1.165, 1.54) is 7.11 Å². The molecule has 1 aromatic heterocycles. The van der Waals surface area contributed by atoms with E-state index in [0.29, 0.717) is 11.3 Å². The van der Waals surface area contributed by atoms with E-state index in [1.54, 1.807) is 13.0 Å². The Bertz CT molecular complexity index is 1050. The maximum absolute atomic E-state index is 12.6. The van der Waals surface area contributed by atoms with Crippen molar-refractivity contribution in [1.29, 1.82) is 0 Å². The van der Waals surface area contributed by atoms with E-state index in [-0.39, 0.29) is 30.1 Å². The minimum absolute atomic E-state index is 0.0450. The lowest BCUT2D eigenvalue weighted by Crippen LogP contribution is -2.48. The van der Waals surface area contributed by atoms with Crippen LogP contribution in [0.3, 0.4) is 0 Å². The Morgan fingerprint density at radius 3 is 2.62 bits per heavy atom. The number of fused-ring (bicyclic) bond motifs is 3. The zero-order valence-electron chi connectivity index (χ0n) is 18.6. The molecule has 0 bridgehead atoms. The minimum atomic E-state index is -0.690. The van der Waals surface area contributed by atoms with Gasteiger partial charge in [0.1, 0.15) is 11.3 Å². The molecule has 1 N–H and O–H groups in total. The van der Waals surface area contributed by atoms with E-state index in [4.69, 9.17) is 13.9 Å². The fourth-order valence-corrected chi connectivity index (χ4v) is 4.56. The second kappa shape index (κ2) is 9.73. The number of nitrogens with zero attached hydrogens (tertiary/aromatic N) is 1. The van der Waals surface area contributed by atoms with Crippen molar-refractivity contribution < 1.29 is 23.5 Å². The van der Waals surface area contributed by atoms with Crippen molar-refractivity contribution in [2.75, 3.05) is 26.7 Å². The molecule has 8 nitrogen and oxygen atoms in total. The van der Waals surface area contributed by atoms with Crippen LogP contribution in [-0.2, 0) is 27.2 Å². The third kappa shape index (κ3) is 4.96. The first-order valence-corrected chi connectivity index (χ1v) is 11.3. The molecule has 1 aliphatic heterocycles. The standard InChI is InChI=1S/C24H30N2O6/c1-15(23(28)25-16-9-11-26(12-10-16)14-22(27)30-2)31-17-7-8-19-18-5-3-4-6-20(18)24(29)32-21(19)13-17/h7-8,13,15-16H,3-6,9-12,14H2,1-2H3,(H,25,28). The third-order valence-corrected chi connectivity index (χ3v) is 6.39. The van der Waals surface area contributed by atoms with Crippen LogP contribution in [0, 0.1) is 0 Å². The molecule has 2 aromatic rings. The Labute approximate surface area is 186 Å². The van der Waals surface area contributed by atoms with Crippen LogP contribution in [0.4, 0.5) is 0 Å². The normalized spacial score (nSPS) is 18.1. The van der Waals surface area contributed by atoms with E-state index in [1.807, 2.05) is 17.0 Å². The number of benzene rings is 1. The summed E-state index contributed by atoms with van der Waals surface area (Å²) >= 11 is 0. The number of hydrogen-bond acceptors (Lipinski definition) is 7. The quantitative estimate of drug-likeness (QED) is 0.541. The molecule has 1 unspecified atom stereocenters. The van der Waals surface area contributed by atoms with Crippen molar-refractivity contribution in [1.82, 2.24) is 10.2 Å². The Morgan fingerprint density at radius 2 is 1.91 bits per heavy atom. The molecule has 1 atom stereocenters. The van der Waals surface area contributed by atoms with Crippen LogP contribution in [0.25, 0.3) is 11.0 Å². The number of likely N-dealkylation sites (tertiary alicyclic amines) is 1. The van der Waals surface area contributed by atoms with Gasteiger partial charge in [-0.05, 0) is 63.1 Å². The van der Waals surface area contributed by atoms with Gasteiger partial charge in [0.15, 0.2) is 6.10 Å². The monoisotopic (exact) mass is 442 g/mol. The van der Waals surface area contributed by atoms with E-state index in [0.717, 1.165) is 68.1 Å². The molecule has 32 heavy (non-hydrogen) atoms. The highest BCUT2D eigenvalue weighted by atomic mass is 16.5. The van der Waals surface area contributed by atoms with Gasteiger partial charge in [0, 0.05) is 36.1 Å². The summed E-state index contributed by atoms with van der Waals surface area (Å²) in [4.78, 5) is 38.4. The number of methoxy groups -OCH3 is 1. The van der Waals surface area contributed by atoms with Crippen molar-refractivity contribution in [2.45, 2.75) is 57.6 Å². The Balaban J connectivity index is 1.35. The summed E-state index contributed by atoms with van der Waals surface area (Å²) in [7, 11) is 1.38. The molecule has 2 heterocycles. The molecule has 0 spiro atoms. The van der Waals surface area contributed by atoms with Crippen molar-refractivity contribution in [3.8, 4) is 5.75 Å². The van der Waals surface area contributed by atoms with Gasteiger partial charge in [-0.15, -0.1) is 0 Å². The first kappa shape index (κ1) is 22.3. The van der Waals surface area contributed by atoms with E-state index in [2.05, 4.69) is 5.32 Å². The van der Waals surface area contributed by atoms with Gasteiger partial charge in [-0.2, -0.15) is 0 Å². The number of amides is 1. The lowest BCUT2D eigenvalue weighted by atomic mass is 9.91. The summed E-state index contributed by atoms with van der Waals surface area (Å²) in [6.07, 6.45) is 4.58. The van der Waals surface area contributed by atoms with Gasteiger partial charge < -0.3 is 19.2 Å². The summed E-state index contributed by atoms with van der Waals surface area (Å²) in [6, 6.07) is 5.48. The van der Waals surface area contributed by atoms with E-state index >= 15 is 0 Å². The van der Waals surface area contributed by atoms with Crippen LogP contribution in [0.15, 0.2) is 27.4 Å². The Hall–Kier alpha value is -2.87. The topological polar surface area (TPSA) is 98.1 Å². The van der Waals surface area contributed by atoms with Gasteiger partial charge in [0.25, 0.3) is 5.91 Å². The van der Waals surface area contributed by atoms with Gasteiger partial charge in [-0.25, -0.2) is 4.79 Å². The lowest BCUT2D eigenvalue weighted by Gasteiger charge is -2.32. The summed E-state index contributed by atoms with van der Waals surface area (Å²) < 4.78 is 16.1. The Morgan fingerprint density at radius 1 is 1.19 bits per heavy atom. The second-order valence-corrected chi connectivity index (χ2v) is 8.61. The molecule has 2 aliphatic rings. The number of aryl methyl sites for hydroxylation is 1. The molecule has 1 fully saturated rings. The SMILES string of the molecule is COC(=O)CN1CCC(NC(=O)C(C)Oc2ccc3c4c(c(=O)oc3c2)CCCC4)CC1. The van der Waals surface area contributed by atoms with Crippen LogP contribution in [0.1, 0.15) is 43.7 Å². The fraction of sp³-hybridized carbons (Fsp3) is 0.542. The largest absolute Gasteiger partial charge is 0.481 e. The number of ether oxygens (including phenoxy) is 2. The second-order valence-electron chi connectivity index (χ2n) is 8.61. The number of piperidine rings is 1. The summed E-state index contributed by atoms with van der Waals surface area (Å²) in [5.41, 5.74) is 2.11. The van der Waals surface area contributed by atoms with Crippen LogP contribution in [0.2, 0.25) is 0 Å². The molecule has 1 saturated heterocycles. The molecular formula is C24H30N2O6. The van der Waals surface area contributed by atoms with Crippen molar-refractivity contribution in [3.63, 3.8) is 0 Å². The first-order chi connectivity index (χ1) is 15.4. The number of hydrogen-bond donors (Lipinski definition) is 1. The summed E-state index contributed by atoms with van der Waals surface area (Å²) in [6.45, 7) is 3.43. The van der Waals surface area contributed by atoms with Gasteiger partial charge >= 0.3 is 11.6 Å². The molecule has 172 valence electrons. The maximum atomic E-state index is 12.6. The van der Waals surface area contributed by atoms with Crippen molar-refractivity contribution in [2.24, 2.45) is 0 Å². The van der Waals surface area contributed by atoms with E-state index in [9.17, 15) is 14.4 Å². The zero-order chi connectivity index (χ0) is 22.7. The Kier molecular flexibility index (Phi) is 6.79. The molecule has 1 amide bonds. The van der Waals surface area contributed by atoms with Crippen molar-refractivity contribution in [3.05, 3.63) is 39.7 Å². The van der Waals surface area contributed by atoms with Crippen LogP contribution < -0.4 is 15.7 Å². The third-order valence-electron chi connectivity index (χ3n) is 6.39.